The fourth-order valence-corrected chi connectivity index (χ4v) is 3.41. The van der Waals surface area contributed by atoms with Gasteiger partial charge < -0.3 is 0 Å². The van der Waals surface area contributed by atoms with Gasteiger partial charge in [-0.15, -0.1) is 0 Å². The van der Waals surface area contributed by atoms with Gasteiger partial charge in [-0.3, -0.25) is 0 Å². The Bertz CT molecular complexity index is 351. The zero-order chi connectivity index (χ0) is 10.8. The van der Waals surface area contributed by atoms with Crippen LogP contribution in [-0.4, -0.2) is 4.83 Å². The van der Waals surface area contributed by atoms with Gasteiger partial charge in [-0.2, -0.15) is 0 Å². The molecule has 0 bridgehead atoms. The van der Waals surface area contributed by atoms with Crippen LogP contribution >= 0.6 is 31.9 Å². The number of hydrogen-bond acceptors (Lipinski definition) is 0. The largest absolute Gasteiger partial charge is 0.207 e. The average Bonchev–Trinajstić information content (AvgIpc) is 2.58. The molecule has 0 spiro atoms. The predicted molar refractivity (Wildman–Crippen MR) is 67.9 cm³/mol. The summed E-state index contributed by atoms with van der Waals surface area (Å²) >= 11 is 7.11. The molecule has 1 aliphatic carbocycles. The van der Waals surface area contributed by atoms with Crippen LogP contribution < -0.4 is 0 Å². The normalized spacial score (nSPS) is 25.8. The molecule has 2 unspecified atom stereocenters. The van der Waals surface area contributed by atoms with Gasteiger partial charge in [-0.05, 0) is 55.4 Å². The van der Waals surface area contributed by atoms with Crippen molar-refractivity contribution in [3.8, 4) is 0 Å². The van der Waals surface area contributed by atoms with Crippen LogP contribution in [0, 0.1) is 11.7 Å². The zero-order valence-corrected chi connectivity index (χ0v) is 11.5. The Labute approximate surface area is 107 Å². The highest BCUT2D eigenvalue weighted by atomic mass is 79.9. The van der Waals surface area contributed by atoms with Crippen molar-refractivity contribution in [3.05, 3.63) is 34.1 Å². The Morgan fingerprint density at radius 3 is 2.80 bits per heavy atom. The van der Waals surface area contributed by atoms with E-state index in [1.807, 2.05) is 0 Å². The molecule has 1 saturated carbocycles. The van der Waals surface area contributed by atoms with Crippen molar-refractivity contribution in [2.75, 3.05) is 0 Å². The molecule has 0 amide bonds. The Hall–Kier alpha value is 0.110. The minimum absolute atomic E-state index is 0.137. The van der Waals surface area contributed by atoms with Crippen LogP contribution in [0.5, 0.6) is 0 Å². The quantitative estimate of drug-likeness (QED) is 0.687. The van der Waals surface area contributed by atoms with Crippen LogP contribution in [0.2, 0.25) is 0 Å². The summed E-state index contributed by atoms with van der Waals surface area (Å²) in [6, 6.07) is 4.94. The van der Waals surface area contributed by atoms with Crippen molar-refractivity contribution < 1.29 is 4.39 Å². The van der Waals surface area contributed by atoms with Gasteiger partial charge in [0.15, 0.2) is 0 Å². The first-order valence-electron chi connectivity index (χ1n) is 5.23. The molecule has 1 aliphatic rings. The van der Waals surface area contributed by atoms with E-state index < -0.39 is 0 Å². The van der Waals surface area contributed by atoms with E-state index in [0.29, 0.717) is 10.7 Å². The van der Waals surface area contributed by atoms with Crippen molar-refractivity contribution in [2.45, 2.75) is 30.5 Å². The summed E-state index contributed by atoms with van der Waals surface area (Å²) in [7, 11) is 0. The fraction of sp³-hybridized carbons (Fsp3) is 0.500. The van der Waals surface area contributed by atoms with Crippen LogP contribution in [0.25, 0.3) is 0 Å². The Balaban J connectivity index is 2.07. The van der Waals surface area contributed by atoms with E-state index in [0.717, 1.165) is 16.5 Å². The molecule has 82 valence electrons. The number of alkyl halides is 1. The lowest BCUT2D eigenvalue weighted by Gasteiger charge is -2.10. The monoisotopic (exact) mass is 334 g/mol. The van der Waals surface area contributed by atoms with E-state index in [9.17, 15) is 4.39 Å². The molecule has 0 aromatic heterocycles. The highest BCUT2D eigenvalue weighted by molar-refractivity contribution is 9.10. The summed E-state index contributed by atoms with van der Waals surface area (Å²) in [6.07, 6.45) is 4.69. The number of hydrogen-bond donors (Lipinski definition) is 0. The fourth-order valence-electron chi connectivity index (χ4n) is 2.21. The van der Waals surface area contributed by atoms with E-state index in [1.54, 1.807) is 12.1 Å². The molecule has 2 rings (SSSR count). The minimum Gasteiger partial charge on any atom is -0.207 e. The van der Waals surface area contributed by atoms with Gasteiger partial charge in [0.1, 0.15) is 5.82 Å². The number of halogens is 3. The minimum atomic E-state index is -0.137. The van der Waals surface area contributed by atoms with Gasteiger partial charge in [-0.25, -0.2) is 4.39 Å². The predicted octanol–water partition coefficient (Wildman–Crippen LogP) is 4.69. The zero-order valence-electron chi connectivity index (χ0n) is 8.35. The van der Waals surface area contributed by atoms with Crippen LogP contribution in [0.3, 0.4) is 0 Å². The molecule has 0 nitrogen and oxygen atoms in total. The molecule has 2 atom stereocenters. The molecule has 0 N–H and O–H groups in total. The molecule has 0 saturated heterocycles. The average molecular weight is 336 g/mol. The van der Waals surface area contributed by atoms with Crippen LogP contribution in [0.4, 0.5) is 4.39 Å². The smallest absolute Gasteiger partial charge is 0.123 e. The van der Waals surface area contributed by atoms with Gasteiger partial charge in [-0.1, -0.05) is 31.9 Å². The Morgan fingerprint density at radius 2 is 2.13 bits per heavy atom. The third-order valence-electron chi connectivity index (χ3n) is 2.99. The summed E-state index contributed by atoms with van der Waals surface area (Å²) in [5.74, 6) is 0.564. The molecule has 1 aromatic rings. The standard InChI is InChI=1S/C12H13Br2F/c13-10-2-1-8(6-10)5-9-7-11(15)3-4-12(9)14/h3-4,7-8,10H,1-2,5-6H2. The highest BCUT2D eigenvalue weighted by Gasteiger charge is 2.23. The van der Waals surface area contributed by atoms with Crippen LogP contribution in [-0.2, 0) is 6.42 Å². The second-order valence-corrected chi connectivity index (χ2v) is 6.37. The number of rotatable bonds is 2. The van der Waals surface area contributed by atoms with Gasteiger partial charge in [0.2, 0.25) is 0 Å². The maximum Gasteiger partial charge on any atom is 0.123 e. The molecule has 1 aromatic carbocycles. The van der Waals surface area contributed by atoms with Crippen molar-refractivity contribution in [1.82, 2.24) is 0 Å². The lowest BCUT2D eigenvalue weighted by molar-refractivity contribution is 0.543. The third-order valence-corrected chi connectivity index (χ3v) is 4.60. The number of benzene rings is 1. The lowest BCUT2D eigenvalue weighted by atomic mass is 9.98. The topological polar surface area (TPSA) is 0 Å². The second kappa shape index (κ2) is 4.96. The lowest BCUT2D eigenvalue weighted by Crippen LogP contribution is -2.01. The summed E-state index contributed by atoms with van der Waals surface area (Å²) in [6.45, 7) is 0. The molecule has 15 heavy (non-hydrogen) atoms. The van der Waals surface area contributed by atoms with Gasteiger partial charge >= 0.3 is 0 Å². The second-order valence-electron chi connectivity index (χ2n) is 4.22. The summed E-state index contributed by atoms with van der Waals surface area (Å²) in [5, 5.41) is 0. The molecule has 0 radical (unpaired) electrons. The van der Waals surface area contributed by atoms with Crippen molar-refractivity contribution in [3.63, 3.8) is 0 Å². The van der Waals surface area contributed by atoms with Crippen molar-refractivity contribution >= 4 is 31.9 Å². The first-order valence-corrected chi connectivity index (χ1v) is 6.94. The first kappa shape index (κ1) is 11.6. The van der Waals surface area contributed by atoms with Crippen LogP contribution in [0.15, 0.2) is 22.7 Å². The molecule has 3 heteroatoms. The molecule has 0 heterocycles. The van der Waals surface area contributed by atoms with Gasteiger partial charge in [0.05, 0.1) is 0 Å². The maximum absolute atomic E-state index is 13.1. The Morgan fingerprint density at radius 1 is 1.33 bits per heavy atom. The summed E-state index contributed by atoms with van der Waals surface area (Å²) in [4.78, 5) is 0.662. The first-order chi connectivity index (χ1) is 7.15. The van der Waals surface area contributed by atoms with E-state index in [1.165, 1.54) is 25.3 Å². The SMILES string of the molecule is Fc1ccc(Br)c(CC2CCC(Br)C2)c1. The van der Waals surface area contributed by atoms with Gasteiger partial charge in [0.25, 0.3) is 0 Å². The summed E-state index contributed by atoms with van der Waals surface area (Å²) in [5.41, 5.74) is 1.10. The summed E-state index contributed by atoms with van der Waals surface area (Å²) < 4.78 is 14.1. The molecular weight excluding hydrogens is 323 g/mol. The molecule has 1 fully saturated rings. The van der Waals surface area contributed by atoms with E-state index in [2.05, 4.69) is 31.9 Å². The van der Waals surface area contributed by atoms with E-state index >= 15 is 0 Å². The highest BCUT2D eigenvalue weighted by Crippen LogP contribution is 2.34. The van der Waals surface area contributed by atoms with E-state index in [-0.39, 0.29) is 5.82 Å². The maximum atomic E-state index is 13.1. The molecular formula is C12H13Br2F. The van der Waals surface area contributed by atoms with E-state index in [4.69, 9.17) is 0 Å². The van der Waals surface area contributed by atoms with Crippen molar-refractivity contribution in [2.24, 2.45) is 5.92 Å². The van der Waals surface area contributed by atoms with Gasteiger partial charge in [0, 0.05) is 9.30 Å². The van der Waals surface area contributed by atoms with Crippen molar-refractivity contribution in [1.29, 1.82) is 0 Å². The Kier molecular flexibility index (Phi) is 3.83. The third kappa shape index (κ3) is 3.04. The molecule has 0 aliphatic heterocycles. The van der Waals surface area contributed by atoms with Crippen LogP contribution in [0.1, 0.15) is 24.8 Å².